The molecule has 1 N–H and O–H groups in total. The van der Waals surface area contributed by atoms with Crippen LogP contribution in [0.15, 0.2) is 40.2 Å². The molecule has 1 fully saturated rings. The standard InChI is InChI=1S/C18H21BrN2OS/c1-13-12-14(8-9-15(13)19)20-18(22)21-10-4-2-3-6-16(21)17-7-5-11-23-17/h5,7-9,11-12,16H,2-4,6,10H2,1H3,(H,20,22). The molecular weight excluding hydrogens is 372 g/mol. The molecule has 1 unspecified atom stereocenters. The van der Waals surface area contributed by atoms with Gasteiger partial charge >= 0.3 is 6.03 Å². The minimum atomic E-state index is 0.00650. The van der Waals surface area contributed by atoms with Crippen molar-refractivity contribution in [2.45, 2.75) is 38.6 Å². The number of aryl methyl sites for hydroxylation is 1. The first-order chi connectivity index (χ1) is 11.1. The lowest BCUT2D eigenvalue weighted by molar-refractivity contribution is 0.190. The molecule has 1 aromatic heterocycles. The number of hydrogen-bond donors (Lipinski definition) is 1. The van der Waals surface area contributed by atoms with Gasteiger partial charge in [0.15, 0.2) is 0 Å². The third-order valence-corrected chi connectivity index (χ3v) is 6.16. The van der Waals surface area contributed by atoms with Gasteiger partial charge in [-0.25, -0.2) is 4.79 Å². The molecule has 1 aromatic carbocycles. The van der Waals surface area contributed by atoms with Crippen LogP contribution in [0.5, 0.6) is 0 Å². The van der Waals surface area contributed by atoms with Gasteiger partial charge in [-0.05, 0) is 55.0 Å². The molecule has 122 valence electrons. The van der Waals surface area contributed by atoms with Crippen molar-refractivity contribution in [3.8, 4) is 0 Å². The van der Waals surface area contributed by atoms with E-state index in [2.05, 4.69) is 38.8 Å². The number of likely N-dealkylation sites (tertiary alicyclic amines) is 1. The summed E-state index contributed by atoms with van der Waals surface area (Å²) in [6.07, 6.45) is 4.51. The molecule has 5 heteroatoms. The molecule has 23 heavy (non-hydrogen) atoms. The van der Waals surface area contributed by atoms with Gasteiger partial charge in [0, 0.05) is 21.6 Å². The van der Waals surface area contributed by atoms with E-state index in [0.29, 0.717) is 0 Å². The highest BCUT2D eigenvalue weighted by molar-refractivity contribution is 9.10. The molecule has 1 atom stereocenters. The number of amides is 2. The molecule has 0 aliphatic carbocycles. The molecule has 2 amide bonds. The molecule has 1 saturated heterocycles. The molecule has 0 bridgehead atoms. The fraction of sp³-hybridized carbons (Fsp3) is 0.389. The normalized spacial score (nSPS) is 18.5. The second-order valence-electron chi connectivity index (χ2n) is 5.97. The SMILES string of the molecule is Cc1cc(NC(=O)N2CCCCCC2c2cccs2)ccc1Br. The number of halogens is 1. The summed E-state index contributed by atoms with van der Waals surface area (Å²) in [6, 6.07) is 10.3. The summed E-state index contributed by atoms with van der Waals surface area (Å²) in [5.74, 6) is 0. The van der Waals surface area contributed by atoms with E-state index in [0.717, 1.165) is 35.1 Å². The Hall–Kier alpha value is -1.33. The number of thiophene rings is 1. The summed E-state index contributed by atoms with van der Waals surface area (Å²) in [6.45, 7) is 2.85. The topological polar surface area (TPSA) is 32.3 Å². The number of nitrogens with zero attached hydrogens (tertiary/aromatic N) is 1. The number of rotatable bonds is 2. The van der Waals surface area contributed by atoms with Crippen molar-refractivity contribution in [1.82, 2.24) is 4.90 Å². The summed E-state index contributed by atoms with van der Waals surface area (Å²) >= 11 is 5.24. The smallest absolute Gasteiger partial charge is 0.317 e. The molecule has 1 aliphatic heterocycles. The summed E-state index contributed by atoms with van der Waals surface area (Å²) in [7, 11) is 0. The number of benzene rings is 1. The predicted molar refractivity (Wildman–Crippen MR) is 100 cm³/mol. The molecule has 1 aliphatic rings. The highest BCUT2D eigenvalue weighted by Gasteiger charge is 2.27. The molecule has 0 saturated carbocycles. The van der Waals surface area contributed by atoms with Gasteiger partial charge < -0.3 is 10.2 Å². The average molecular weight is 393 g/mol. The molecule has 3 rings (SSSR count). The molecule has 2 aromatic rings. The first-order valence-electron chi connectivity index (χ1n) is 8.02. The Kier molecular flexibility index (Phi) is 5.38. The lowest BCUT2D eigenvalue weighted by Crippen LogP contribution is -2.37. The van der Waals surface area contributed by atoms with Crippen LogP contribution in [-0.2, 0) is 0 Å². The maximum atomic E-state index is 12.8. The van der Waals surface area contributed by atoms with E-state index in [-0.39, 0.29) is 12.1 Å². The van der Waals surface area contributed by atoms with Gasteiger partial charge in [-0.2, -0.15) is 0 Å². The van der Waals surface area contributed by atoms with Crippen LogP contribution in [0.3, 0.4) is 0 Å². The zero-order chi connectivity index (χ0) is 16.2. The van der Waals surface area contributed by atoms with E-state index in [9.17, 15) is 4.79 Å². The van der Waals surface area contributed by atoms with Gasteiger partial charge in [0.05, 0.1) is 6.04 Å². The maximum absolute atomic E-state index is 12.8. The molecular formula is C18H21BrN2OS. The highest BCUT2D eigenvalue weighted by atomic mass is 79.9. The number of anilines is 1. The van der Waals surface area contributed by atoms with Gasteiger partial charge in [-0.15, -0.1) is 11.3 Å². The minimum absolute atomic E-state index is 0.00650. The Bertz CT molecular complexity index is 672. The zero-order valence-electron chi connectivity index (χ0n) is 13.2. The van der Waals surface area contributed by atoms with Gasteiger partial charge in [-0.1, -0.05) is 34.8 Å². The lowest BCUT2D eigenvalue weighted by atomic mass is 10.1. The first-order valence-corrected chi connectivity index (χ1v) is 9.69. The van der Waals surface area contributed by atoms with E-state index in [1.54, 1.807) is 11.3 Å². The van der Waals surface area contributed by atoms with Crippen LogP contribution in [0, 0.1) is 6.92 Å². The van der Waals surface area contributed by atoms with E-state index >= 15 is 0 Å². The highest BCUT2D eigenvalue weighted by Crippen LogP contribution is 2.33. The predicted octanol–water partition coefficient (Wildman–Crippen LogP) is 5.97. The minimum Gasteiger partial charge on any atom is -0.317 e. The van der Waals surface area contributed by atoms with Gasteiger partial charge in [0.25, 0.3) is 0 Å². The molecule has 0 spiro atoms. The fourth-order valence-electron chi connectivity index (χ4n) is 3.05. The first kappa shape index (κ1) is 16.5. The third-order valence-electron chi connectivity index (χ3n) is 4.29. The molecule has 3 nitrogen and oxygen atoms in total. The summed E-state index contributed by atoms with van der Waals surface area (Å²) in [5, 5.41) is 5.16. The van der Waals surface area contributed by atoms with Gasteiger partial charge in [0.2, 0.25) is 0 Å². The Balaban J connectivity index is 1.78. The van der Waals surface area contributed by atoms with Crippen molar-refractivity contribution in [1.29, 1.82) is 0 Å². The van der Waals surface area contributed by atoms with Crippen LogP contribution in [-0.4, -0.2) is 17.5 Å². The number of hydrogen-bond acceptors (Lipinski definition) is 2. The van der Waals surface area contributed by atoms with Crippen LogP contribution in [0.25, 0.3) is 0 Å². The largest absolute Gasteiger partial charge is 0.322 e. The number of carbonyl (C=O) groups is 1. The van der Waals surface area contributed by atoms with Crippen LogP contribution >= 0.6 is 27.3 Å². The Labute approximate surface area is 149 Å². The van der Waals surface area contributed by atoms with Gasteiger partial charge in [-0.3, -0.25) is 0 Å². The number of nitrogens with one attached hydrogen (secondary N) is 1. The molecule has 2 heterocycles. The van der Waals surface area contributed by atoms with Crippen molar-refractivity contribution < 1.29 is 4.79 Å². The quantitative estimate of drug-likeness (QED) is 0.670. The van der Waals surface area contributed by atoms with E-state index < -0.39 is 0 Å². The van der Waals surface area contributed by atoms with Crippen molar-refractivity contribution in [2.24, 2.45) is 0 Å². The van der Waals surface area contributed by atoms with Gasteiger partial charge in [0.1, 0.15) is 0 Å². The third kappa shape index (κ3) is 3.96. The Morgan fingerprint density at radius 2 is 2.17 bits per heavy atom. The summed E-state index contributed by atoms with van der Waals surface area (Å²) in [5.41, 5.74) is 1.97. The summed E-state index contributed by atoms with van der Waals surface area (Å²) < 4.78 is 1.06. The van der Waals surface area contributed by atoms with Crippen LogP contribution in [0.2, 0.25) is 0 Å². The monoisotopic (exact) mass is 392 g/mol. The maximum Gasteiger partial charge on any atom is 0.322 e. The van der Waals surface area contributed by atoms with Crippen LogP contribution < -0.4 is 5.32 Å². The van der Waals surface area contributed by atoms with E-state index in [1.165, 1.54) is 17.7 Å². The van der Waals surface area contributed by atoms with Crippen molar-refractivity contribution in [2.75, 3.05) is 11.9 Å². The number of urea groups is 1. The zero-order valence-corrected chi connectivity index (χ0v) is 15.6. The molecule has 0 radical (unpaired) electrons. The van der Waals surface area contributed by atoms with Crippen molar-refractivity contribution in [3.05, 3.63) is 50.6 Å². The van der Waals surface area contributed by atoms with Crippen molar-refractivity contribution >= 4 is 39.0 Å². The van der Waals surface area contributed by atoms with E-state index in [1.807, 2.05) is 30.0 Å². The summed E-state index contributed by atoms with van der Waals surface area (Å²) in [4.78, 5) is 16.1. The second kappa shape index (κ2) is 7.49. The van der Waals surface area contributed by atoms with E-state index in [4.69, 9.17) is 0 Å². The fourth-order valence-corrected chi connectivity index (χ4v) is 4.17. The second-order valence-corrected chi connectivity index (χ2v) is 7.80. The van der Waals surface area contributed by atoms with Crippen molar-refractivity contribution in [3.63, 3.8) is 0 Å². The Morgan fingerprint density at radius 3 is 2.91 bits per heavy atom. The number of carbonyl (C=O) groups excluding carboxylic acids is 1. The average Bonchev–Trinajstić information content (AvgIpc) is 2.95. The Morgan fingerprint density at radius 1 is 1.30 bits per heavy atom. The van der Waals surface area contributed by atoms with Crippen LogP contribution in [0.1, 0.15) is 42.2 Å². The van der Waals surface area contributed by atoms with Crippen LogP contribution in [0.4, 0.5) is 10.5 Å². The lowest BCUT2D eigenvalue weighted by Gasteiger charge is -2.29.